The molecule has 2 rings (SSSR count). The van der Waals surface area contributed by atoms with E-state index in [0.717, 1.165) is 12.8 Å². The summed E-state index contributed by atoms with van der Waals surface area (Å²) in [4.78, 5) is 11.8. The molecule has 1 atom stereocenters. The summed E-state index contributed by atoms with van der Waals surface area (Å²) in [5, 5.41) is 0. The lowest BCUT2D eigenvalue weighted by molar-refractivity contribution is -0.149. The highest BCUT2D eigenvalue weighted by Crippen LogP contribution is 2.64. The van der Waals surface area contributed by atoms with Crippen LogP contribution in [-0.2, 0) is 19.0 Å². The van der Waals surface area contributed by atoms with E-state index in [1.807, 2.05) is 20.8 Å². The SMILES string of the molecule is CCOC1CC2(C1)OC2(C(=O)OC)C(C)C. The highest BCUT2D eigenvalue weighted by Gasteiger charge is 2.80. The second-order valence-electron chi connectivity index (χ2n) is 4.96. The summed E-state index contributed by atoms with van der Waals surface area (Å²) in [6.45, 7) is 6.70. The van der Waals surface area contributed by atoms with Crippen LogP contribution in [0.2, 0.25) is 0 Å². The monoisotopic (exact) mass is 228 g/mol. The number of hydrogen-bond donors (Lipinski definition) is 0. The van der Waals surface area contributed by atoms with Gasteiger partial charge in [0.05, 0.1) is 13.2 Å². The van der Waals surface area contributed by atoms with Gasteiger partial charge in [0.15, 0.2) is 5.60 Å². The van der Waals surface area contributed by atoms with Gasteiger partial charge in [-0.2, -0.15) is 0 Å². The van der Waals surface area contributed by atoms with Gasteiger partial charge in [-0.05, 0) is 12.8 Å². The Balaban J connectivity index is 2.04. The van der Waals surface area contributed by atoms with E-state index in [2.05, 4.69) is 0 Å². The first-order valence-corrected chi connectivity index (χ1v) is 5.92. The van der Waals surface area contributed by atoms with Gasteiger partial charge >= 0.3 is 5.97 Å². The Bertz CT molecular complexity index is 293. The maximum absolute atomic E-state index is 11.8. The van der Waals surface area contributed by atoms with E-state index in [-0.39, 0.29) is 23.6 Å². The Kier molecular flexibility index (Phi) is 2.75. The molecule has 2 aliphatic rings. The first-order chi connectivity index (χ1) is 7.52. The van der Waals surface area contributed by atoms with Crippen LogP contribution in [0.4, 0.5) is 0 Å². The molecule has 0 aromatic carbocycles. The van der Waals surface area contributed by atoms with Crippen molar-refractivity contribution in [2.45, 2.75) is 50.9 Å². The molecule has 1 heterocycles. The van der Waals surface area contributed by atoms with Crippen LogP contribution in [-0.4, -0.2) is 37.0 Å². The molecule has 4 heteroatoms. The van der Waals surface area contributed by atoms with Crippen molar-refractivity contribution in [2.75, 3.05) is 13.7 Å². The van der Waals surface area contributed by atoms with Crippen LogP contribution in [0.15, 0.2) is 0 Å². The van der Waals surface area contributed by atoms with E-state index in [1.54, 1.807) is 0 Å². The number of carbonyl (C=O) groups excluding carboxylic acids is 1. The number of hydrogen-bond acceptors (Lipinski definition) is 4. The zero-order valence-corrected chi connectivity index (χ0v) is 10.4. The zero-order valence-electron chi connectivity index (χ0n) is 10.4. The minimum Gasteiger partial charge on any atom is -0.467 e. The molecular formula is C12H20O4. The predicted octanol–water partition coefficient (Wildman–Crippen LogP) is 1.52. The third-order valence-electron chi connectivity index (χ3n) is 3.81. The molecule has 0 bridgehead atoms. The van der Waals surface area contributed by atoms with Crippen molar-refractivity contribution < 1.29 is 19.0 Å². The number of esters is 1. The summed E-state index contributed by atoms with van der Waals surface area (Å²) < 4.78 is 16.1. The third kappa shape index (κ3) is 1.32. The number of ether oxygens (including phenoxy) is 3. The van der Waals surface area contributed by atoms with Gasteiger partial charge in [0.2, 0.25) is 0 Å². The Hall–Kier alpha value is -0.610. The molecule has 1 spiro atoms. The van der Waals surface area contributed by atoms with Crippen molar-refractivity contribution in [3.63, 3.8) is 0 Å². The molecule has 92 valence electrons. The van der Waals surface area contributed by atoms with E-state index in [9.17, 15) is 4.79 Å². The van der Waals surface area contributed by atoms with Gasteiger partial charge in [-0.25, -0.2) is 4.79 Å². The molecule has 1 aliphatic heterocycles. The fourth-order valence-electron chi connectivity index (χ4n) is 2.96. The number of rotatable bonds is 4. The molecule has 2 fully saturated rings. The lowest BCUT2D eigenvalue weighted by Crippen LogP contribution is -2.49. The average molecular weight is 228 g/mol. The Morgan fingerprint density at radius 1 is 1.50 bits per heavy atom. The molecule has 4 nitrogen and oxygen atoms in total. The minimum absolute atomic E-state index is 0.141. The van der Waals surface area contributed by atoms with Crippen LogP contribution < -0.4 is 0 Å². The summed E-state index contributed by atoms with van der Waals surface area (Å²) in [5.41, 5.74) is -1.01. The largest absolute Gasteiger partial charge is 0.467 e. The predicted molar refractivity (Wildman–Crippen MR) is 58.0 cm³/mol. The number of methoxy groups -OCH3 is 1. The van der Waals surface area contributed by atoms with Crippen molar-refractivity contribution in [1.82, 2.24) is 0 Å². The fraction of sp³-hybridized carbons (Fsp3) is 0.917. The van der Waals surface area contributed by atoms with Gasteiger partial charge in [0.1, 0.15) is 5.60 Å². The second kappa shape index (κ2) is 3.70. The molecule has 1 aliphatic carbocycles. The van der Waals surface area contributed by atoms with Crippen molar-refractivity contribution in [3.05, 3.63) is 0 Å². The normalized spacial score (nSPS) is 40.9. The van der Waals surface area contributed by atoms with Crippen molar-refractivity contribution >= 4 is 5.97 Å². The van der Waals surface area contributed by atoms with Crippen LogP contribution in [0, 0.1) is 5.92 Å². The molecule has 16 heavy (non-hydrogen) atoms. The second-order valence-corrected chi connectivity index (χ2v) is 4.96. The van der Waals surface area contributed by atoms with Gasteiger partial charge in [-0.15, -0.1) is 0 Å². The maximum Gasteiger partial charge on any atom is 0.341 e. The first-order valence-electron chi connectivity index (χ1n) is 5.92. The minimum atomic E-state index is -0.713. The van der Waals surface area contributed by atoms with E-state index in [0.29, 0.717) is 6.61 Å². The average Bonchev–Trinajstić information content (AvgIpc) is 2.88. The molecular weight excluding hydrogens is 208 g/mol. The maximum atomic E-state index is 11.8. The van der Waals surface area contributed by atoms with Crippen LogP contribution in [0.3, 0.4) is 0 Å². The lowest BCUT2D eigenvalue weighted by Gasteiger charge is -2.35. The third-order valence-corrected chi connectivity index (χ3v) is 3.81. The molecule has 0 aromatic heterocycles. The smallest absolute Gasteiger partial charge is 0.341 e. The molecule has 0 radical (unpaired) electrons. The molecule has 0 aromatic rings. The van der Waals surface area contributed by atoms with Crippen LogP contribution in [0.5, 0.6) is 0 Å². The van der Waals surface area contributed by atoms with Crippen molar-refractivity contribution in [3.8, 4) is 0 Å². The number of epoxide rings is 1. The highest BCUT2D eigenvalue weighted by molar-refractivity contribution is 5.85. The van der Waals surface area contributed by atoms with Crippen LogP contribution in [0.25, 0.3) is 0 Å². The first kappa shape index (κ1) is 11.9. The van der Waals surface area contributed by atoms with Crippen molar-refractivity contribution in [1.29, 1.82) is 0 Å². The van der Waals surface area contributed by atoms with Crippen molar-refractivity contribution in [2.24, 2.45) is 5.92 Å². The van der Waals surface area contributed by atoms with Gasteiger partial charge in [-0.1, -0.05) is 13.8 Å². The highest BCUT2D eigenvalue weighted by atomic mass is 16.7. The quantitative estimate of drug-likeness (QED) is 0.540. The topological polar surface area (TPSA) is 48.1 Å². The molecule has 1 unspecified atom stereocenters. The standard InChI is InChI=1S/C12H20O4/c1-5-15-9-6-11(7-9)12(16-11,8(2)3)10(13)14-4/h8-9H,5-7H2,1-4H3. The zero-order chi connectivity index (χ0) is 12.0. The van der Waals surface area contributed by atoms with Gasteiger partial charge in [-0.3, -0.25) is 0 Å². The Labute approximate surface area is 96.2 Å². The summed E-state index contributed by atoms with van der Waals surface area (Å²) in [5.74, 6) is -0.0972. The molecule has 1 saturated heterocycles. The van der Waals surface area contributed by atoms with E-state index in [1.165, 1.54) is 7.11 Å². The van der Waals surface area contributed by atoms with Gasteiger partial charge in [0, 0.05) is 19.4 Å². The summed E-state index contributed by atoms with van der Waals surface area (Å²) >= 11 is 0. The van der Waals surface area contributed by atoms with Crippen LogP contribution >= 0.6 is 0 Å². The van der Waals surface area contributed by atoms with Gasteiger partial charge in [0.25, 0.3) is 0 Å². The number of carbonyl (C=O) groups is 1. The van der Waals surface area contributed by atoms with Gasteiger partial charge < -0.3 is 14.2 Å². The fourth-order valence-corrected chi connectivity index (χ4v) is 2.96. The molecule has 0 N–H and O–H groups in total. The summed E-state index contributed by atoms with van der Waals surface area (Å²) in [6, 6.07) is 0. The summed E-state index contributed by atoms with van der Waals surface area (Å²) in [7, 11) is 1.42. The van der Waals surface area contributed by atoms with E-state index >= 15 is 0 Å². The molecule has 1 saturated carbocycles. The van der Waals surface area contributed by atoms with E-state index < -0.39 is 5.60 Å². The summed E-state index contributed by atoms with van der Waals surface area (Å²) in [6.07, 6.45) is 1.87. The Morgan fingerprint density at radius 2 is 2.12 bits per heavy atom. The van der Waals surface area contributed by atoms with E-state index in [4.69, 9.17) is 14.2 Å². The molecule has 0 amide bonds. The van der Waals surface area contributed by atoms with Crippen LogP contribution in [0.1, 0.15) is 33.6 Å². The lowest BCUT2D eigenvalue weighted by atomic mass is 9.69. The Morgan fingerprint density at radius 3 is 2.56 bits per heavy atom.